The Morgan fingerprint density at radius 3 is 2.38 bits per heavy atom. The van der Waals surface area contributed by atoms with E-state index in [2.05, 4.69) is 10.3 Å². The minimum absolute atomic E-state index is 0.0294. The molecule has 0 atom stereocenters. The van der Waals surface area contributed by atoms with Crippen LogP contribution >= 0.6 is 0 Å². The van der Waals surface area contributed by atoms with Gasteiger partial charge in [0.1, 0.15) is 5.75 Å². The second-order valence-electron chi connectivity index (χ2n) is 8.83. The standard InChI is InChI=1S/C22H26N2O2/c1-13-19(9-17-8-18(26-2)3-4-20(17)23-13)21(25)24-22-10-14-5-15(11-22)7-16(6-14)12-22/h3-4,8-9,14-16H,5-7,10-12H2,1-2H3,(H,24,25). The van der Waals surface area contributed by atoms with Gasteiger partial charge in [-0.25, -0.2) is 0 Å². The van der Waals surface area contributed by atoms with Crippen molar-refractivity contribution in [2.75, 3.05) is 7.11 Å². The first kappa shape index (κ1) is 16.1. The molecule has 136 valence electrons. The third-order valence-electron chi connectivity index (χ3n) is 6.87. The van der Waals surface area contributed by atoms with E-state index in [9.17, 15) is 4.79 Å². The van der Waals surface area contributed by atoms with Gasteiger partial charge in [0.15, 0.2) is 0 Å². The highest BCUT2D eigenvalue weighted by molar-refractivity contribution is 5.99. The van der Waals surface area contributed by atoms with Gasteiger partial charge in [-0.2, -0.15) is 0 Å². The molecular formula is C22H26N2O2. The SMILES string of the molecule is COc1ccc2nc(C)c(C(=O)NC34CC5CC(CC(C5)C3)C4)cc2c1. The molecule has 6 rings (SSSR count). The number of nitrogens with zero attached hydrogens (tertiary/aromatic N) is 1. The van der Waals surface area contributed by atoms with Gasteiger partial charge in [-0.05, 0) is 87.5 Å². The fourth-order valence-corrected chi connectivity index (χ4v) is 6.18. The summed E-state index contributed by atoms with van der Waals surface area (Å²) >= 11 is 0. The summed E-state index contributed by atoms with van der Waals surface area (Å²) in [6.07, 6.45) is 7.64. The number of aromatic nitrogens is 1. The van der Waals surface area contributed by atoms with E-state index in [0.29, 0.717) is 5.56 Å². The molecule has 1 amide bonds. The highest BCUT2D eigenvalue weighted by Gasteiger charge is 2.51. The predicted octanol–water partition coefficient (Wildman–Crippen LogP) is 4.25. The first-order valence-corrected chi connectivity index (χ1v) is 9.81. The zero-order valence-corrected chi connectivity index (χ0v) is 15.5. The lowest BCUT2D eigenvalue weighted by molar-refractivity contribution is -0.0167. The van der Waals surface area contributed by atoms with Gasteiger partial charge in [0.2, 0.25) is 0 Å². The first-order chi connectivity index (χ1) is 12.5. The van der Waals surface area contributed by atoms with E-state index >= 15 is 0 Å². The molecule has 0 spiro atoms. The number of hydrogen-bond acceptors (Lipinski definition) is 3. The van der Waals surface area contributed by atoms with E-state index < -0.39 is 0 Å². The van der Waals surface area contributed by atoms with Crippen LogP contribution < -0.4 is 10.1 Å². The topological polar surface area (TPSA) is 51.2 Å². The number of methoxy groups -OCH3 is 1. The van der Waals surface area contributed by atoms with Crippen molar-refractivity contribution in [2.45, 2.75) is 51.0 Å². The maximum absolute atomic E-state index is 13.2. The molecule has 4 aliphatic carbocycles. The number of amides is 1. The van der Waals surface area contributed by atoms with Gasteiger partial charge in [0.05, 0.1) is 23.9 Å². The van der Waals surface area contributed by atoms with Gasteiger partial charge in [0.25, 0.3) is 5.91 Å². The zero-order chi connectivity index (χ0) is 17.9. The summed E-state index contributed by atoms with van der Waals surface area (Å²) in [5.41, 5.74) is 2.42. The minimum atomic E-state index is 0.0294. The second kappa shape index (κ2) is 5.70. The number of ether oxygens (including phenoxy) is 1. The van der Waals surface area contributed by atoms with Crippen molar-refractivity contribution in [3.63, 3.8) is 0 Å². The van der Waals surface area contributed by atoms with E-state index in [-0.39, 0.29) is 11.4 Å². The maximum Gasteiger partial charge on any atom is 0.253 e. The summed E-state index contributed by atoms with van der Waals surface area (Å²) in [7, 11) is 1.66. The van der Waals surface area contributed by atoms with Crippen molar-refractivity contribution in [3.8, 4) is 5.75 Å². The summed E-state index contributed by atoms with van der Waals surface area (Å²) in [4.78, 5) is 17.8. The zero-order valence-electron chi connectivity index (χ0n) is 15.5. The molecule has 26 heavy (non-hydrogen) atoms. The molecule has 4 heteroatoms. The molecule has 1 aromatic carbocycles. The second-order valence-corrected chi connectivity index (χ2v) is 8.83. The molecule has 4 aliphatic rings. The van der Waals surface area contributed by atoms with Crippen molar-refractivity contribution in [2.24, 2.45) is 17.8 Å². The lowest BCUT2D eigenvalue weighted by atomic mass is 9.53. The number of benzene rings is 1. The van der Waals surface area contributed by atoms with E-state index in [4.69, 9.17) is 4.74 Å². The van der Waals surface area contributed by atoms with Gasteiger partial charge in [-0.15, -0.1) is 0 Å². The number of fused-ring (bicyclic) bond motifs is 1. The Kier molecular flexibility index (Phi) is 3.53. The third-order valence-corrected chi connectivity index (χ3v) is 6.87. The van der Waals surface area contributed by atoms with Crippen LogP contribution in [0.3, 0.4) is 0 Å². The van der Waals surface area contributed by atoms with E-state index in [1.54, 1.807) is 7.11 Å². The van der Waals surface area contributed by atoms with Gasteiger partial charge < -0.3 is 10.1 Å². The molecule has 1 heterocycles. The number of aryl methyl sites for hydroxylation is 1. The average molecular weight is 350 g/mol. The summed E-state index contributed by atoms with van der Waals surface area (Å²) in [6, 6.07) is 7.77. The normalized spacial score (nSPS) is 32.0. The molecule has 1 N–H and O–H groups in total. The van der Waals surface area contributed by atoms with Crippen molar-refractivity contribution < 1.29 is 9.53 Å². The molecule has 4 bridgehead atoms. The Balaban J connectivity index is 1.46. The Morgan fingerprint density at radius 2 is 1.77 bits per heavy atom. The quantitative estimate of drug-likeness (QED) is 0.900. The van der Waals surface area contributed by atoms with E-state index in [1.807, 2.05) is 31.2 Å². The van der Waals surface area contributed by atoms with Gasteiger partial charge in [-0.3, -0.25) is 9.78 Å². The van der Waals surface area contributed by atoms with Gasteiger partial charge in [-0.1, -0.05) is 0 Å². The molecule has 0 aliphatic heterocycles. The van der Waals surface area contributed by atoms with Gasteiger partial charge >= 0.3 is 0 Å². The number of rotatable bonds is 3. The fraction of sp³-hybridized carbons (Fsp3) is 0.545. The number of carbonyl (C=O) groups is 1. The predicted molar refractivity (Wildman–Crippen MR) is 101 cm³/mol. The van der Waals surface area contributed by atoms with Crippen LogP contribution in [0.2, 0.25) is 0 Å². The van der Waals surface area contributed by atoms with Crippen molar-refractivity contribution >= 4 is 16.8 Å². The highest BCUT2D eigenvalue weighted by atomic mass is 16.5. The molecule has 4 saturated carbocycles. The van der Waals surface area contributed by atoms with Crippen LogP contribution in [-0.2, 0) is 0 Å². The lowest BCUT2D eigenvalue weighted by Crippen LogP contribution is -2.59. The smallest absolute Gasteiger partial charge is 0.253 e. The fourth-order valence-electron chi connectivity index (χ4n) is 6.18. The van der Waals surface area contributed by atoms with Crippen LogP contribution in [0.1, 0.15) is 54.6 Å². The Hall–Kier alpha value is -2.10. The van der Waals surface area contributed by atoms with E-state index in [1.165, 1.54) is 38.5 Å². The molecule has 0 unspecified atom stereocenters. The maximum atomic E-state index is 13.2. The van der Waals surface area contributed by atoms with Crippen LogP contribution in [0.4, 0.5) is 0 Å². The first-order valence-electron chi connectivity index (χ1n) is 9.81. The van der Waals surface area contributed by atoms with Crippen LogP contribution in [0.5, 0.6) is 5.75 Å². The molecular weight excluding hydrogens is 324 g/mol. The Bertz CT molecular complexity index is 854. The molecule has 4 nitrogen and oxygen atoms in total. The summed E-state index contributed by atoms with van der Waals surface area (Å²) in [5, 5.41) is 4.41. The molecule has 2 aromatic rings. The summed E-state index contributed by atoms with van der Waals surface area (Å²) in [5.74, 6) is 3.29. The van der Waals surface area contributed by atoms with Crippen LogP contribution in [-0.4, -0.2) is 23.5 Å². The summed E-state index contributed by atoms with van der Waals surface area (Å²) in [6.45, 7) is 1.93. The van der Waals surface area contributed by atoms with Crippen LogP contribution in [0.15, 0.2) is 24.3 Å². The Labute approximate surface area is 154 Å². The number of pyridine rings is 1. The van der Waals surface area contributed by atoms with Crippen molar-refractivity contribution in [3.05, 3.63) is 35.5 Å². The van der Waals surface area contributed by atoms with Crippen molar-refractivity contribution in [1.82, 2.24) is 10.3 Å². The molecule has 0 saturated heterocycles. The number of nitrogens with one attached hydrogen (secondary N) is 1. The monoisotopic (exact) mass is 350 g/mol. The molecule has 0 radical (unpaired) electrons. The summed E-state index contributed by atoms with van der Waals surface area (Å²) < 4.78 is 5.32. The number of carbonyl (C=O) groups excluding carboxylic acids is 1. The van der Waals surface area contributed by atoms with Crippen LogP contribution in [0, 0.1) is 24.7 Å². The minimum Gasteiger partial charge on any atom is -0.497 e. The van der Waals surface area contributed by atoms with E-state index in [0.717, 1.165) is 40.1 Å². The molecule has 4 fully saturated rings. The van der Waals surface area contributed by atoms with Crippen molar-refractivity contribution in [1.29, 1.82) is 0 Å². The number of hydrogen-bond donors (Lipinski definition) is 1. The largest absolute Gasteiger partial charge is 0.497 e. The Morgan fingerprint density at radius 1 is 1.12 bits per heavy atom. The molecule has 1 aromatic heterocycles. The highest BCUT2D eigenvalue weighted by Crippen LogP contribution is 2.55. The van der Waals surface area contributed by atoms with Crippen LogP contribution in [0.25, 0.3) is 10.9 Å². The average Bonchev–Trinajstić information content (AvgIpc) is 2.59. The lowest BCUT2D eigenvalue weighted by Gasteiger charge is -2.56. The third kappa shape index (κ3) is 2.58. The van der Waals surface area contributed by atoms with Gasteiger partial charge in [0, 0.05) is 10.9 Å².